The van der Waals surface area contributed by atoms with Crippen molar-refractivity contribution >= 4 is 10.0 Å². The summed E-state index contributed by atoms with van der Waals surface area (Å²) in [4.78, 5) is 0.234. The molecule has 0 atom stereocenters. The Morgan fingerprint density at radius 1 is 1.11 bits per heavy atom. The number of phenolic OH excluding ortho intramolecular Hbond substituents is 1. The maximum atomic E-state index is 12.5. The lowest BCUT2D eigenvalue weighted by molar-refractivity contribution is 0.339. The van der Waals surface area contributed by atoms with Gasteiger partial charge in [0.25, 0.3) is 0 Å². The van der Waals surface area contributed by atoms with E-state index in [0.29, 0.717) is 19.0 Å². The molecule has 5 heteroatoms. The van der Waals surface area contributed by atoms with Gasteiger partial charge in [-0.25, -0.2) is 8.42 Å². The van der Waals surface area contributed by atoms with Crippen LogP contribution in [0.3, 0.4) is 0 Å². The zero-order chi connectivity index (χ0) is 14.5. The first kappa shape index (κ1) is 16.0. The number of nitrogens with zero attached hydrogens (tertiary/aromatic N) is 1. The van der Waals surface area contributed by atoms with E-state index in [1.165, 1.54) is 28.6 Å². The number of benzene rings is 1. The van der Waals surface area contributed by atoms with Crippen LogP contribution < -0.4 is 0 Å². The smallest absolute Gasteiger partial charge is 0.243 e. The first-order chi connectivity index (χ1) is 8.95. The maximum Gasteiger partial charge on any atom is 0.243 e. The van der Waals surface area contributed by atoms with Crippen molar-refractivity contribution < 1.29 is 13.5 Å². The Kier molecular flexibility index (Phi) is 5.82. The molecule has 1 N–H and O–H groups in total. The van der Waals surface area contributed by atoms with Crippen LogP contribution in [0.1, 0.15) is 33.6 Å². The topological polar surface area (TPSA) is 57.6 Å². The molecule has 0 spiro atoms. The van der Waals surface area contributed by atoms with Gasteiger partial charge in [0.2, 0.25) is 10.0 Å². The van der Waals surface area contributed by atoms with E-state index in [9.17, 15) is 13.5 Å². The highest BCUT2D eigenvalue weighted by Gasteiger charge is 2.24. The lowest BCUT2D eigenvalue weighted by atomic mass is 10.0. The van der Waals surface area contributed by atoms with Gasteiger partial charge in [0.1, 0.15) is 5.75 Å². The maximum absolute atomic E-state index is 12.5. The number of rotatable bonds is 7. The van der Waals surface area contributed by atoms with Gasteiger partial charge in [-0.3, -0.25) is 0 Å². The van der Waals surface area contributed by atoms with Crippen molar-refractivity contribution in [1.82, 2.24) is 4.31 Å². The molecule has 0 aliphatic heterocycles. The number of hydrogen-bond acceptors (Lipinski definition) is 3. The second-order valence-corrected chi connectivity index (χ2v) is 6.57. The predicted molar refractivity (Wildman–Crippen MR) is 76.6 cm³/mol. The van der Waals surface area contributed by atoms with E-state index in [1.54, 1.807) is 0 Å². The average molecular weight is 285 g/mol. The fourth-order valence-electron chi connectivity index (χ4n) is 2.00. The van der Waals surface area contributed by atoms with Crippen LogP contribution in [-0.2, 0) is 10.0 Å². The van der Waals surface area contributed by atoms with E-state index in [2.05, 4.69) is 13.8 Å². The summed E-state index contributed by atoms with van der Waals surface area (Å²) in [5.74, 6) is 0.453. The van der Waals surface area contributed by atoms with Crippen LogP contribution in [-0.4, -0.2) is 30.9 Å². The van der Waals surface area contributed by atoms with Crippen molar-refractivity contribution in [3.8, 4) is 5.75 Å². The number of aromatic hydroxyl groups is 1. The Labute approximate surface area is 116 Å². The minimum Gasteiger partial charge on any atom is -0.508 e. The van der Waals surface area contributed by atoms with Gasteiger partial charge in [-0.15, -0.1) is 0 Å². The van der Waals surface area contributed by atoms with Crippen LogP contribution in [0.25, 0.3) is 0 Å². The van der Waals surface area contributed by atoms with E-state index in [1.807, 2.05) is 6.92 Å². The molecule has 0 saturated carbocycles. The molecule has 4 nitrogen and oxygen atoms in total. The fourth-order valence-corrected chi connectivity index (χ4v) is 3.52. The normalized spacial score (nSPS) is 12.3. The van der Waals surface area contributed by atoms with Gasteiger partial charge in [-0.2, -0.15) is 4.31 Å². The van der Waals surface area contributed by atoms with Crippen molar-refractivity contribution in [2.75, 3.05) is 13.1 Å². The number of sulfonamides is 1. The first-order valence-electron chi connectivity index (χ1n) is 6.74. The largest absolute Gasteiger partial charge is 0.508 e. The van der Waals surface area contributed by atoms with Crippen molar-refractivity contribution in [2.24, 2.45) is 5.92 Å². The molecule has 19 heavy (non-hydrogen) atoms. The second-order valence-electron chi connectivity index (χ2n) is 4.63. The predicted octanol–water partition coefficient (Wildman–Crippen LogP) is 2.84. The quantitative estimate of drug-likeness (QED) is 0.838. The summed E-state index contributed by atoms with van der Waals surface area (Å²) >= 11 is 0. The summed E-state index contributed by atoms with van der Waals surface area (Å²) in [6.45, 7) is 7.01. The molecule has 0 fully saturated rings. The highest BCUT2D eigenvalue weighted by atomic mass is 32.2. The Morgan fingerprint density at radius 2 is 1.63 bits per heavy atom. The highest BCUT2D eigenvalue weighted by molar-refractivity contribution is 7.89. The molecule has 0 unspecified atom stereocenters. The van der Waals surface area contributed by atoms with Crippen molar-refractivity contribution in [2.45, 2.75) is 38.5 Å². The summed E-state index contributed by atoms with van der Waals surface area (Å²) in [6, 6.07) is 5.69. The molecule has 1 rings (SSSR count). The van der Waals surface area contributed by atoms with Gasteiger partial charge in [0.05, 0.1) is 4.90 Å². The molecule has 108 valence electrons. The van der Waals surface area contributed by atoms with Crippen LogP contribution in [0.5, 0.6) is 5.75 Å². The molecule has 0 radical (unpaired) electrons. The third kappa shape index (κ3) is 3.94. The molecule has 1 aromatic carbocycles. The Balaban J connectivity index is 2.98. The molecule has 0 aromatic heterocycles. The SMILES string of the molecule is CCC(CC)CN(CC)S(=O)(=O)c1ccc(O)cc1. The third-order valence-electron chi connectivity index (χ3n) is 3.44. The van der Waals surface area contributed by atoms with Crippen LogP contribution in [0.4, 0.5) is 0 Å². The standard InChI is InChI=1S/C14H23NO3S/c1-4-12(5-2)11-15(6-3)19(17,18)14-9-7-13(16)8-10-14/h7-10,12,16H,4-6,11H2,1-3H3. The molecule has 0 saturated heterocycles. The monoisotopic (exact) mass is 285 g/mol. The molecular formula is C14H23NO3S. The molecule has 0 bridgehead atoms. The lowest BCUT2D eigenvalue weighted by Gasteiger charge is -2.24. The second kappa shape index (κ2) is 6.91. The summed E-state index contributed by atoms with van der Waals surface area (Å²) in [5.41, 5.74) is 0. The van der Waals surface area contributed by atoms with Gasteiger partial charge in [0, 0.05) is 13.1 Å². The molecule has 0 amide bonds. The van der Waals surface area contributed by atoms with Crippen LogP contribution in [0.2, 0.25) is 0 Å². The van der Waals surface area contributed by atoms with E-state index in [0.717, 1.165) is 12.8 Å². The van der Waals surface area contributed by atoms with Crippen molar-refractivity contribution in [3.63, 3.8) is 0 Å². The van der Waals surface area contributed by atoms with Gasteiger partial charge in [-0.1, -0.05) is 33.6 Å². The molecular weight excluding hydrogens is 262 g/mol. The van der Waals surface area contributed by atoms with Crippen LogP contribution >= 0.6 is 0 Å². The van der Waals surface area contributed by atoms with Gasteiger partial charge >= 0.3 is 0 Å². The minimum atomic E-state index is -3.46. The number of phenols is 1. The van der Waals surface area contributed by atoms with E-state index >= 15 is 0 Å². The zero-order valence-corrected chi connectivity index (χ0v) is 12.7. The minimum absolute atomic E-state index is 0.0713. The van der Waals surface area contributed by atoms with Crippen molar-refractivity contribution in [1.29, 1.82) is 0 Å². The summed E-state index contributed by atoms with van der Waals surface area (Å²) in [5, 5.41) is 9.23. The Bertz CT molecular complexity index is 478. The van der Waals surface area contributed by atoms with Crippen molar-refractivity contribution in [3.05, 3.63) is 24.3 Å². The molecule has 0 aliphatic rings. The van der Waals surface area contributed by atoms with Gasteiger partial charge in [0.15, 0.2) is 0 Å². The van der Waals surface area contributed by atoms with Gasteiger partial charge in [-0.05, 0) is 30.2 Å². The van der Waals surface area contributed by atoms with E-state index in [4.69, 9.17) is 0 Å². The van der Waals surface area contributed by atoms with Crippen LogP contribution in [0, 0.1) is 5.92 Å². The fraction of sp³-hybridized carbons (Fsp3) is 0.571. The Hall–Kier alpha value is -1.07. The lowest BCUT2D eigenvalue weighted by Crippen LogP contribution is -2.35. The summed E-state index contributed by atoms with van der Waals surface area (Å²) in [7, 11) is -3.46. The molecule has 0 heterocycles. The zero-order valence-electron chi connectivity index (χ0n) is 11.8. The number of hydrogen-bond donors (Lipinski definition) is 1. The molecule has 0 aliphatic carbocycles. The third-order valence-corrected chi connectivity index (χ3v) is 5.40. The Morgan fingerprint density at radius 3 is 2.05 bits per heavy atom. The van der Waals surface area contributed by atoms with Crippen LogP contribution in [0.15, 0.2) is 29.2 Å². The highest BCUT2D eigenvalue weighted by Crippen LogP contribution is 2.21. The molecule has 1 aromatic rings. The van der Waals surface area contributed by atoms with E-state index < -0.39 is 10.0 Å². The van der Waals surface area contributed by atoms with Gasteiger partial charge < -0.3 is 5.11 Å². The summed E-state index contributed by atoms with van der Waals surface area (Å²) < 4.78 is 26.5. The first-order valence-corrected chi connectivity index (χ1v) is 8.18. The average Bonchev–Trinajstić information content (AvgIpc) is 2.40. The summed E-state index contributed by atoms with van der Waals surface area (Å²) in [6.07, 6.45) is 1.94. The van der Waals surface area contributed by atoms with E-state index in [-0.39, 0.29) is 10.6 Å².